The third-order valence-electron chi connectivity index (χ3n) is 7.12. The minimum atomic E-state index is -0.995. The van der Waals surface area contributed by atoms with Gasteiger partial charge in [-0.3, -0.25) is 4.79 Å². The van der Waals surface area contributed by atoms with E-state index in [1.54, 1.807) is 0 Å². The van der Waals surface area contributed by atoms with Gasteiger partial charge in [-0.15, -0.1) is 0 Å². The number of anilines is 1. The first-order valence-corrected chi connectivity index (χ1v) is 12.7. The van der Waals surface area contributed by atoms with Gasteiger partial charge in [-0.05, 0) is 31.2 Å². The molecule has 1 amide bonds. The topological polar surface area (TPSA) is 61.8 Å². The van der Waals surface area contributed by atoms with Crippen LogP contribution in [0.3, 0.4) is 0 Å². The van der Waals surface area contributed by atoms with E-state index in [9.17, 15) is 13.6 Å². The molecule has 2 aromatic carbocycles. The van der Waals surface area contributed by atoms with Crippen molar-refractivity contribution in [2.45, 2.75) is 32.2 Å². The van der Waals surface area contributed by atoms with Gasteiger partial charge in [-0.2, -0.15) is 4.98 Å². The average molecular weight is 508 g/mol. The van der Waals surface area contributed by atoms with Gasteiger partial charge in [-0.1, -0.05) is 37.3 Å². The van der Waals surface area contributed by atoms with Crippen molar-refractivity contribution in [3.8, 4) is 11.6 Å². The summed E-state index contributed by atoms with van der Waals surface area (Å²) < 4.78 is 33.5. The highest BCUT2D eigenvalue weighted by atomic mass is 19.2. The maximum atomic E-state index is 13.9. The number of likely N-dealkylation sites (N-methyl/N-ethyl adjacent to an activating group) is 1. The molecule has 7 nitrogen and oxygen atoms in total. The lowest BCUT2D eigenvalue weighted by atomic mass is 9.94. The number of aromatic nitrogens is 2. The zero-order valence-electron chi connectivity index (χ0n) is 21.2. The number of fused-ring (bicyclic) bond motifs is 1. The van der Waals surface area contributed by atoms with Crippen LogP contribution in [0.1, 0.15) is 36.1 Å². The Labute approximate surface area is 215 Å². The molecule has 5 rings (SSSR count). The van der Waals surface area contributed by atoms with E-state index in [2.05, 4.69) is 16.8 Å². The van der Waals surface area contributed by atoms with Crippen LogP contribution in [-0.2, 0) is 17.8 Å². The van der Waals surface area contributed by atoms with Crippen LogP contribution in [0, 0.1) is 11.6 Å². The second kappa shape index (κ2) is 10.8. The number of ether oxygens (including phenoxy) is 1. The summed E-state index contributed by atoms with van der Waals surface area (Å²) in [7, 11) is 2.08. The number of carbonyl (C=O) groups excluding carboxylic acids is 1. The molecule has 3 heterocycles. The smallest absolute Gasteiger partial charge is 0.230 e. The monoisotopic (exact) mass is 507 g/mol. The molecular weight excluding hydrogens is 476 g/mol. The lowest BCUT2D eigenvalue weighted by Gasteiger charge is -2.35. The number of halogens is 2. The molecule has 1 fully saturated rings. The Balaban J connectivity index is 1.47. The lowest BCUT2D eigenvalue weighted by Crippen LogP contribution is -2.45. The molecule has 0 radical (unpaired) electrons. The fourth-order valence-electron chi connectivity index (χ4n) is 4.90. The highest BCUT2D eigenvalue weighted by Crippen LogP contribution is 2.34. The summed E-state index contributed by atoms with van der Waals surface area (Å²) in [5, 5.41) is 0. The Morgan fingerprint density at radius 1 is 1.00 bits per heavy atom. The Hall–Kier alpha value is -3.59. The largest absolute Gasteiger partial charge is 0.438 e. The van der Waals surface area contributed by atoms with E-state index in [0.717, 1.165) is 49.6 Å². The zero-order valence-corrected chi connectivity index (χ0v) is 21.2. The number of amides is 1. The number of hydrogen-bond acceptors (Lipinski definition) is 6. The summed E-state index contributed by atoms with van der Waals surface area (Å²) >= 11 is 0. The highest BCUT2D eigenvalue weighted by Gasteiger charge is 2.31. The molecule has 0 spiro atoms. The predicted octanol–water partition coefficient (Wildman–Crippen LogP) is 4.38. The van der Waals surface area contributed by atoms with Crippen molar-refractivity contribution < 1.29 is 18.3 Å². The maximum Gasteiger partial charge on any atom is 0.230 e. The molecule has 0 aliphatic carbocycles. The zero-order chi connectivity index (χ0) is 25.9. The van der Waals surface area contributed by atoms with Gasteiger partial charge in [0.15, 0.2) is 11.6 Å². The second-order valence-corrected chi connectivity index (χ2v) is 9.60. The van der Waals surface area contributed by atoms with Crippen molar-refractivity contribution >= 4 is 11.9 Å². The van der Waals surface area contributed by atoms with Crippen LogP contribution in [0.25, 0.3) is 0 Å². The first kappa shape index (κ1) is 25.1. The van der Waals surface area contributed by atoms with Crippen LogP contribution in [0.5, 0.6) is 11.6 Å². The highest BCUT2D eigenvalue weighted by molar-refractivity contribution is 5.84. The number of piperazine rings is 1. The number of rotatable bonds is 6. The predicted molar refractivity (Wildman–Crippen MR) is 137 cm³/mol. The van der Waals surface area contributed by atoms with Crippen molar-refractivity contribution in [1.29, 1.82) is 0 Å². The lowest BCUT2D eigenvalue weighted by molar-refractivity contribution is -0.133. The third-order valence-corrected chi connectivity index (χ3v) is 7.12. The van der Waals surface area contributed by atoms with Crippen molar-refractivity contribution in [2.24, 2.45) is 0 Å². The molecule has 37 heavy (non-hydrogen) atoms. The molecule has 2 aliphatic heterocycles. The Morgan fingerprint density at radius 3 is 2.46 bits per heavy atom. The van der Waals surface area contributed by atoms with E-state index < -0.39 is 11.6 Å². The average Bonchev–Trinajstić information content (AvgIpc) is 2.92. The molecule has 9 heteroatoms. The number of hydrogen-bond donors (Lipinski definition) is 0. The van der Waals surface area contributed by atoms with Crippen molar-refractivity contribution in [1.82, 2.24) is 19.8 Å². The Kier molecular flexibility index (Phi) is 7.32. The van der Waals surface area contributed by atoms with Gasteiger partial charge in [-0.25, -0.2) is 13.8 Å². The van der Waals surface area contributed by atoms with Crippen LogP contribution >= 0.6 is 0 Å². The van der Waals surface area contributed by atoms with E-state index in [1.165, 1.54) is 6.07 Å². The fraction of sp³-hybridized carbons (Fsp3) is 0.393. The van der Waals surface area contributed by atoms with E-state index in [4.69, 9.17) is 14.7 Å². The van der Waals surface area contributed by atoms with Gasteiger partial charge < -0.3 is 19.4 Å². The molecule has 0 unspecified atom stereocenters. The van der Waals surface area contributed by atoms with Crippen LogP contribution in [0.2, 0.25) is 0 Å². The molecule has 1 atom stereocenters. The van der Waals surface area contributed by atoms with Gasteiger partial charge in [0.25, 0.3) is 0 Å². The van der Waals surface area contributed by atoms with Crippen molar-refractivity contribution in [3.05, 3.63) is 77.0 Å². The minimum absolute atomic E-state index is 0.0428. The normalized spacial score (nSPS) is 16.9. The van der Waals surface area contributed by atoms with Crippen molar-refractivity contribution in [3.63, 3.8) is 0 Å². The fourth-order valence-corrected chi connectivity index (χ4v) is 4.90. The molecule has 0 bridgehead atoms. The van der Waals surface area contributed by atoms with Crippen molar-refractivity contribution in [2.75, 3.05) is 44.7 Å². The summed E-state index contributed by atoms with van der Waals surface area (Å²) in [5.41, 5.74) is 2.50. The van der Waals surface area contributed by atoms with Gasteiger partial charge >= 0.3 is 0 Å². The first-order chi connectivity index (χ1) is 17.9. The maximum absolute atomic E-state index is 13.9. The summed E-state index contributed by atoms with van der Waals surface area (Å²) in [6.45, 7) is 6.18. The van der Waals surface area contributed by atoms with Gasteiger partial charge in [0.05, 0.1) is 23.7 Å². The molecule has 2 aliphatic rings. The summed E-state index contributed by atoms with van der Waals surface area (Å²) in [4.78, 5) is 29.3. The van der Waals surface area contributed by atoms with Crippen LogP contribution < -0.4 is 9.64 Å². The molecule has 0 N–H and O–H groups in total. The Morgan fingerprint density at radius 2 is 1.76 bits per heavy atom. The van der Waals surface area contributed by atoms with Crippen LogP contribution in [-0.4, -0.2) is 65.4 Å². The van der Waals surface area contributed by atoms with E-state index >= 15 is 0 Å². The second-order valence-electron chi connectivity index (χ2n) is 9.60. The summed E-state index contributed by atoms with van der Waals surface area (Å²) in [6.07, 6.45) is 1.24. The molecule has 1 aromatic heterocycles. The van der Waals surface area contributed by atoms with Gasteiger partial charge in [0.2, 0.25) is 17.7 Å². The molecular formula is C28H31F2N5O2. The number of benzene rings is 2. The van der Waals surface area contributed by atoms with Crippen LogP contribution in [0.15, 0.2) is 48.5 Å². The summed E-state index contributed by atoms with van der Waals surface area (Å²) in [5.74, 6) is -1.17. The quantitative estimate of drug-likeness (QED) is 0.494. The van der Waals surface area contributed by atoms with E-state index in [1.807, 2.05) is 42.2 Å². The number of carbonyl (C=O) groups is 1. The Bertz CT molecular complexity index is 1260. The van der Waals surface area contributed by atoms with E-state index in [0.29, 0.717) is 37.4 Å². The SMILES string of the molecule is CC[C@H](C(=O)N1CCc2nc(N3CCN(C)CC3)nc(Oc3ccc(F)c(F)c3)c2C1)c1ccccc1. The first-order valence-electron chi connectivity index (χ1n) is 12.7. The summed E-state index contributed by atoms with van der Waals surface area (Å²) in [6, 6.07) is 13.2. The van der Waals surface area contributed by atoms with E-state index in [-0.39, 0.29) is 23.5 Å². The number of nitrogens with zero attached hydrogens (tertiary/aromatic N) is 5. The molecule has 0 saturated carbocycles. The molecule has 1 saturated heterocycles. The third kappa shape index (κ3) is 5.41. The minimum Gasteiger partial charge on any atom is -0.438 e. The standard InChI is InChI=1S/C28H31F2N5O2/c1-3-21(19-7-5-4-6-8-19)27(36)35-12-11-25-22(18-35)26(37-20-9-10-23(29)24(30)17-20)32-28(31-25)34-15-13-33(2)14-16-34/h4-10,17,21H,3,11-16,18H2,1-2H3/t21-/m0/s1. The van der Waals surface area contributed by atoms with Crippen LogP contribution in [0.4, 0.5) is 14.7 Å². The van der Waals surface area contributed by atoms with Gasteiger partial charge in [0.1, 0.15) is 5.75 Å². The molecule has 3 aromatic rings. The molecule has 194 valence electrons. The van der Waals surface area contributed by atoms with Gasteiger partial charge in [0, 0.05) is 45.2 Å².